The minimum atomic E-state index is -0.770. The molecular weight excluding hydrogens is 238 g/mol. The smallest absolute Gasteiger partial charge is 0.316 e. The zero-order chi connectivity index (χ0) is 12.8. The Kier molecular flexibility index (Phi) is 5.28. The van der Waals surface area contributed by atoms with Gasteiger partial charge < -0.3 is 9.84 Å². The Morgan fingerprint density at radius 3 is 2.76 bits per heavy atom. The lowest BCUT2D eigenvalue weighted by Gasteiger charge is -2.15. The highest BCUT2D eigenvalue weighted by molar-refractivity contribution is 7.99. The number of ether oxygens (including phenoxy) is 1. The molecule has 17 heavy (non-hydrogen) atoms. The van der Waals surface area contributed by atoms with Crippen molar-refractivity contribution in [3.05, 3.63) is 23.9 Å². The molecule has 1 aromatic heterocycles. The summed E-state index contributed by atoms with van der Waals surface area (Å²) in [4.78, 5) is 15.3. The summed E-state index contributed by atoms with van der Waals surface area (Å²) >= 11 is 1.39. The van der Waals surface area contributed by atoms with Crippen LogP contribution in [0, 0.1) is 5.92 Å². The molecule has 0 saturated carbocycles. The number of nitrogens with zero attached hydrogens (tertiary/aromatic N) is 1. The fraction of sp³-hybridized carbons (Fsp3) is 0.500. The number of hydrogen-bond acceptors (Lipinski definition) is 4. The van der Waals surface area contributed by atoms with Gasteiger partial charge in [-0.25, -0.2) is 4.98 Å². The summed E-state index contributed by atoms with van der Waals surface area (Å²) in [6, 6.07) is 5.49. The topological polar surface area (TPSA) is 59.4 Å². The van der Waals surface area contributed by atoms with Crippen molar-refractivity contribution in [3.8, 4) is 5.88 Å². The van der Waals surface area contributed by atoms with Gasteiger partial charge in [0.05, 0.1) is 12.8 Å². The Labute approximate surface area is 105 Å². The number of pyridine rings is 1. The van der Waals surface area contributed by atoms with Crippen LogP contribution in [0.5, 0.6) is 5.88 Å². The quantitative estimate of drug-likeness (QED) is 0.846. The minimum absolute atomic E-state index is 0.100. The number of carboxylic acid groups (broad SMARTS) is 1. The van der Waals surface area contributed by atoms with Gasteiger partial charge in [0.1, 0.15) is 5.25 Å². The van der Waals surface area contributed by atoms with Crippen LogP contribution in [0.2, 0.25) is 0 Å². The average Bonchev–Trinajstić information content (AvgIpc) is 2.28. The van der Waals surface area contributed by atoms with Crippen molar-refractivity contribution in [3.63, 3.8) is 0 Å². The second-order valence-electron chi connectivity index (χ2n) is 3.99. The van der Waals surface area contributed by atoms with Gasteiger partial charge in [-0.3, -0.25) is 4.79 Å². The van der Waals surface area contributed by atoms with Gasteiger partial charge in [0.25, 0.3) is 0 Å². The van der Waals surface area contributed by atoms with Crippen LogP contribution in [0.1, 0.15) is 19.5 Å². The molecule has 0 spiro atoms. The Hall–Kier alpha value is -1.23. The van der Waals surface area contributed by atoms with E-state index in [0.29, 0.717) is 11.6 Å². The minimum Gasteiger partial charge on any atom is -0.481 e. The zero-order valence-electron chi connectivity index (χ0n) is 10.2. The monoisotopic (exact) mass is 255 g/mol. The van der Waals surface area contributed by atoms with Gasteiger partial charge >= 0.3 is 5.97 Å². The summed E-state index contributed by atoms with van der Waals surface area (Å²) < 4.78 is 5.02. The van der Waals surface area contributed by atoms with E-state index in [2.05, 4.69) is 4.98 Å². The van der Waals surface area contributed by atoms with E-state index < -0.39 is 11.2 Å². The molecule has 4 nitrogen and oxygen atoms in total. The van der Waals surface area contributed by atoms with Crippen LogP contribution in [0.4, 0.5) is 0 Å². The number of aromatic nitrogens is 1. The van der Waals surface area contributed by atoms with Crippen molar-refractivity contribution in [1.82, 2.24) is 4.98 Å². The summed E-state index contributed by atoms with van der Waals surface area (Å²) in [6.45, 7) is 3.82. The van der Waals surface area contributed by atoms with Gasteiger partial charge in [-0.2, -0.15) is 0 Å². The Bertz CT molecular complexity index is 382. The van der Waals surface area contributed by atoms with Gasteiger partial charge in [0.15, 0.2) is 0 Å². The molecular formula is C12H17NO3S. The molecule has 0 bridgehead atoms. The first-order chi connectivity index (χ1) is 8.04. The Morgan fingerprint density at radius 2 is 2.24 bits per heavy atom. The largest absolute Gasteiger partial charge is 0.481 e. The molecule has 0 fully saturated rings. The number of carbonyl (C=O) groups is 1. The summed E-state index contributed by atoms with van der Waals surface area (Å²) in [6.07, 6.45) is 0. The Morgan fingerprint density at radius 1 is 1.53 bits per heavy atom. The van der Waals surface area contributed by atoms with Gasteiger partial charge in [-0.15, -0.1) is 11.8 Å². The number of rotatable bonds is 6. The van der Waals surface area contributed by atoms with Crippen molar-refractivity contribution in [2.75, 3.05) is 7.11 Å². The van der Waals surface area contributed by atoms with Crippen LogP contribution in [0.3, 0.4) is 0 Å². The molecule has 0 aliphatic carbocycles. The zero-order valence-corrected chi connectivity index (χ0v) is 11.0. The molecule has 1 heterocycles. The maximum Gasteiger partial charge on any atom is 0.316 e. The van der Waals surface area contributed by atoms with E-state index in [0.717, 1.165) is 5.69 Å². The molecule has 94 valence electrons. The molecule has 0 amide bonds. The first kappa shape index (κ1) is 13.8. The van der Waals surface area contributed by atoms with Crippen LogP contribution in [0.25, 0.3) is 0 Å². The molecule has 1 aromatic rings. The fourth-order valence-electron chi connectivity index (χ4n) is 1.38. The predicted octanol–water partition coefficient (Wildman–Crippen LogP) is 2.43. The SMILES string of the molecule is COc1cccc(CSC(C(=O)O)C(C)C)n1. The van der Waals surface area contributed by atoms with Crippen molar-refractivity contribution in [2.24, 2.45) is 5.92 Å². The van der Waals surface area contributed by atoms with E-state index in [1.807, 2.05) is 26.0 Å². The predicted molar refractivity (Wildman–Crippen MR) is 68.3 cm³/mol. The molecule has 0 aliphatic heterocycles. The van der Waals surface area contributed by atoms with E-state index in [1.54, 1.807) is 13.2 Å². The van der Waals surface area contributed by atoms with E-state index in [1.165, 1.54) is 11.8 Å². The van der Waals surface area contributed by atoms with Crippen LogP contribution < -0.4 is 4.74 Å². The molecule has 0 radical (unpaired) electrons. The lowest BCUT2D eigenvalue weighted by molar-refractivity contribution is -0.137. The van der Waals surface area contributed by atoms with Crippen LogP contribution in [-0.4, -0.2) is 28.4 Å². The molecule has 0 saturated heterocycles. The van der Waals surface area contributed by atoms with Crippen molar-refractivity contribution in [1.29, 1.82) is 0 Å². The highest BCUT2D eigenvalue weighted by atomic mass is 32.2. The number of thioether (sulfide) groups is 1. The molecule has 0 aromatic carbocycles. The molecule has 0 aliphatic rings. The first-order valence-corrected chi connectivity index (χ1v) is 6.43. The molecule has 1 atom stereocenters. The van der Waals surface area contributed by atoms with Gasteiger partial charge in [0.2, 0.25) is 5.88 Å². The van der Waals surface area contributed by atoms with Gasteiger partial charge in [0, 0.05) is 11.8 Å². The standard InChI is InChI=1S/C12H17NO3S/c1-8(2)11(12(14)15)17-7-9-5-4-6-10(13-9)16-3/h4-6,8,11H,7H2,1-3H3,(H,14,15). The van der Waals surface area contributed by atoms with Crippen molar-refractivity contribution in [2.45, 2.75) is 24.9 Å². The van der Waals surface area contributed by atoms with E-state index in [-0.39, 0.29) is 5.92 Å². The Balaban J connectivity index is 2.62. The summed E-state index contributed by atoms with van der Waals surface area (Å²) in [5.74, 6) is 0.460. The average molecular weight is 255 g/mol. The highest BCUT2D eigenvalue weighted by Crippen LogP contribution is 2.23. The third kappa shape index (κ3) is 4.26. The maximum absolute atomic E-state index is 11.0. The fourth-order valence-corrected chi connectivity index (χ4v) is 2.41. The van der Waals surface area contributed by atoms with Crippen LogP contribution in [-0.2, 0) is 10.5 Å². The van der Waals surface area contributed by atoms with Crippen LogP contribution >= 0.6 is 11.8 Å². The summed E-state index contributed by atoms with van der Waals surface area (Å²) in [5.41, 5.74) is 0.834. The molecule has 1 N–H and O–H groups in total. The molecule has 5 heteroatoms. The number of methoxy groups -OCH3 is 1. The third-order valence-electron chi connectivity index (χ3n) is 2.25. The van der Waals surface area contributed by atoms with Crippen molar-refractivity contribution < 1.29 is 14.6 Å². The number of hydrogen-bond donors (Lipinski definition) is 1. The third-order valence-corrected chi connectivity index (χ3v) is 3.82. The van der Waals surface area contributed by atoms with Crippen LogP contribution in [0.15, 0.2) is 18.2 Å². The van der Waals surface area contributed by atoms with Gasteiger partial charge in [-0.1, -0.05) is 19.9 Å². The summed E-state index contributed by atoms with van der Waals surface area (Å²) in [7, 11) is 1.56. The van der Waals surface area contributed by atoms with E-state index in [9.17, 15) is 4.79 Å². The van der Waals surface area contributed by atoms with E-state index >= 15 is 0 Å². The number of carboxylic acids is 1. The first-order valence-electron chi connectivity index (χ1n) is 5.39. The number of aliphatic carboxylic acids is 1. The van der Waals surface area contributed by atoms with Gasteiger partial charge in [-0.05, 0) is 12.0 Å². The molecule has 1 rings (SSSR count). The van der Waals surface area contributed by atoms with Crippen molar-refractivity contribution >= 4 is 17.7 Å². The maximum atomic E-state index is 11.0. The normalized spacial score (nSPS) is 12.5. The van der Waals surface area contributed by atoms with E-state index in [4.69, 9.17) is 9.84 Å². The second kappa shape index (κ2) is 6.49. The lowest BCUT2D eigenvalue weighted by atomic mass is 10.1. The highest BCUT2D eigenvalue weighted by Gasteiger charge is 2.21. The summed E-state index contributed by atoms with van der Waals surface area (Å²) in [5, 5.41) is 8.66. The molecule has 1 unspecified atom stereocenters. The lowest BCUT2D eigenvalue weighted by Crippen LogP contribution is -2.22. The second-order valence-corrected chi connectivity index (χ2v) is 5.12.